The Balaban J connectivity index is 1.88. The van der Waals surface area contributed by atoms with Gasteiger partial charge in [-0.15, -0.1) is 0 Å². The first-order valence-electron chi connectivity index (χ1n) is 7.88. The first-order valence-corrected chi connectivity index (χ1v) is 10.1. The molecule has 1 N–H and O–H groups in total. The van der Waals surface area contributed by atoms with Gasteiger partial charge in [0.05, 0.1) is 18.0 Å². The lowest BCUT2D eigenvalue weighted by molar-refractivity contribution is -0.123. The SMILES string of the molecule is C[C@H](NC(=O)COc1ccc(N(C)S(C)(=O)=O)cc1)c1ccc(Cl)cc1. The number of sulfonamides is 1. The van der Waals surface area contributed by atoms with Gasteiger partial charge in [0.1, 0.15) is 5.75 Å². The van der Waals surface area contributed by atoms with Crippen molar-refractivity contribution in [2.45, 2.75) is 13.0 Å². The molecule has 2 rings (SSSR count). The summed E-state index contributed by atoms with van der Waals surface area (Å²) in [5.41, 5.74) is 1.46. The minimum absolute atomic E-state index is 0.140. The van der Waals surface area contributed by atoms with Crippen molar-refractivity contribution in [2.24, 2.45) is 0 Å². The van der Waals surface area contributed by atoms with Crippen LogP contribution in [-0.2, 0) is 14.8 Å². The number of carbonyl (C=O) groups is 1. The largest absolute Gasteiger partial charge is 0.484 e. The molecule has 0 saturated heterocycles. The molecular weight excluding hydrogens is 376 g/mol. The van der Waals surface area contributed by atoms with E-state index < -0.39 is 10.0 Å². The highest BCUT2D eigenvalue weighted by Crippen LogP contribution is 2.20. The number of benzene rings is 2. The van der Waals surface area contributed by atoms with Crippen LogP contribution in [0.15, 0.2) is 48.5 Å². The van der Waals surface area contributed by atoms with E-state index in [0.29, 0.717) is 16.5 Å². The van der Waals surface area contributed by atoms with E-state index >= 15 is 0 Å². The Hall–Kier alpha value is -2.25. The summed E-state index contributed by atoms with van der Waals surface area (Å²) in [6.45, 7) is 1.73. The Bertz CT molecular complexity index is 852. The second kappa shape index (κ2) is 8.42. The van der Waals surface area contributed by atoms with Crippen LogP contribution >= 0.6 is 11.6 Å². The first-order chi connectivity index (χ1) is 12.2. The molecule has 0 bridgehead atoms. The van der Waals surface area contributed by atoms with E-state index in [1.54, 1.807) is 36.4 Å². The van der Waals surface area contributed by atoms with E-state index in [0.717, 1.165) is 16.1 Å². The van der Waals surface area contributed by atoms with Crippen LogP contribution in [0.3, 0.4) is 0 Å². The molecule has 0 aliphatic carbocycles. The molecule has 0 aliphatic rings. The summed E-state index contributed by atoms with van der Waals surface area (Å²) < 4.78 is 29.6. The van der Waals surface area contributed by atoms with Crippen molar-refractivity contribution in [2.75, 3.05) is 24.2 Å². The molecule has 0 spiro atoms. The van der Waals surface area contributed by atoms with Crippen LogP contribution < -0.4 is 14.4 Å². The number of ether oxygens (including phenoxy) is 1. The lowest BCUT2D eigenvalue weighted by Gasteiger charge is -2.17. The maximum absolute atomic E-state index is 12.0. The maximum Gasteiger partial charge on any atom is 0.258 e. The average Bonchev–Trinajstić information content (AvgIpc) is 2.59. The van der Waals surface area contributed by atoms with Crippen molar-refractivity contribution in [1.82, 2.24) is 5.32 Å². The summed E-state index contributed by atoms with van der Waals surface area (Å²) in [5, 5.41) is 3.48. The van der Waals surface area contributed by atoms with Crippen LogP contribution in [0.4, 0.5) is 5.69 Å². The zero-order valence-electron chi connectivity index (χ0n) is 14.8. The summed E-state index contributed by atoms with van der Waals surface area (Å²) in [6.07, 6.45) is 1.13. The molecule has 1 amide bonds. The van der Waals surface area contributed by atoms with Gasteiger partial charge in [-0.25, -0.2) is 8.42 Å². The summed E-state index contributed by atoms with van der Waals surface area (Å²) in [5.74, 6) is 0.217. The number of halogens is 1. The summed E-state index contributed by atoms with van der Waals surface area (Å²) in [6, 6.07) is 13.5. The standard InChI is InChI=1S/C18H21ClN2O4S/c1-13(14-4-6-15(19)7-5-14)20-18(22)12-25-17-10-8-16(9-11-17)21(2)26(3,23)24/h4-11,13H,12H2,1-3H3,(H,20,22)/t13-/m0/s1. The Morgan fingerprint density at radius 3 is 2.27 bits per heavy atom. The van der Waals surface area contributed by atoms with Crippen molar-refractivity contribution in [3.05, 3.63) is 59.1 Å². The van der Waals surface area contributed by atoms with Gasteiger partial charge in [-0.2, -0.15) is 0 Å². The quantitative estimate of drug-likeness (QED) is 0.780. The lowest BCUT2D eigenvalue weighted by atomic mass is 10.1. The van der Waals surface area contributed by atoms with Crippen molar-refractivity contribution in [3.63, 3.8) is 0 Å². The van der Waals surface area contributed by atoms with Gasteiger partial charge in [0.25, 0.3) is 5.91 Å². The van der Waals surface area contributed by atoms with E-state index in [-0.39, 0.29) is 18.6 Å². The number of hydrogen-bond donors (Lipinski definition) is 1. The molecule has 140 valence electrons. The third-order valence-corrected chi connectivity index (χ3v) is 5.27. The van der Waals surface area contributed by atoms with Gasteiger partial charge < -0.3 is 10.1 Å². The molecule has 0 heterocycles. The minimum Gasteiger partial charge on any atom is -0.484 e. The normalized spacial score (nSPS) is 12.3. The van der Waals surface area contributed by atoms with Gasteiger partial charge in [0, 0.05) is 12.1 Å². The molecule has 0 aromatic heterocycles. The zero-order valence-corrected chi connectivity index (χ0v) is 16.3. The Morgan fingerprint density at radius 1 is 1.15 bits per heavy atom. The lowest BCUT2D eigenvalue weighted by Crippen LogP contribution is -2.31. The molecular formula is C18H21ClN2O4S. The summed E-state index contributed by atoms with van der Waals surface area (Å²) in [7, 11) is -1.85. The van der Waals surface area contributed by atoms with Crippen molar-refractivity contribution in [3.8, 4) is 5.75 Å². The molecule has 1 atom stereocenters. The van der Waals surface area contributed by atoms with Gasteiger partial charge in [-0.1, -0.05) is 23.7 Å². The third kappa shape index (κ3) is 5.64. The highest BCUT2D eigenvalue weighted by Gasteiger charge is 2.13. The van der Waals surface area contributed by atoms with Crippen LogP contribution in [0.25, 0.3) is 0 Å². The zero-order chi connectivity index (χ0) is 19.3. The number of nitrogens with one attached hydrogen (secondary N) is 1. The molecule has 8 heteroatoms. The molecule has 2 aromatic carbocycles. The maximum atomic E-state index is 12.0. The van der Waals surface area contributed by atoms with Gasteiger partial charge in [0.15, 0.2) is 6.61 Å². The number of anilines is 1. The minimum atomic E-state index is -3.32. The fraction of sp³-hybridized carbons (Fsp3) is 0.278. The van der Waals surface area contributed by atoms with Crippen molar-refractivity contribution in [1.29, 1.82) is 0 Å². The molecule has 0 fully saturated rings. The Morgan fingerprint density at radius 2 is 1.73 bits per heavy atom. The van der Waals surface area contributed by atoms with Crippen LogP contribution in [0.1, 0.15) is 18.5 Å². The van der Waals surface area contributed by atoms with Crippen LogP contribution in [0.2, 0.25) is 5.02 Å². The van der Waals surface area contributed by atoms with E-state index in [1.807, 2.05) is 19.1 Å². The van der Waals surface area contributed by atoms with Gasteiger partial charge >= 0.3 is 0 Å². The Kier molecular flexibility index (Phi) is 6.50. The first kappa shape index (κ1) is 20.1. The average molecular weight is 397 g/mol. The number of rotatable bonds is 7. The van der Waals surface area contributed by atoms with Gasteiger partial charge in [-0.05, 0) is 48.9 Å². The van der Waals surface area contributed by atoms with Crippen molar-refractivity contribution < 1.29 is 17.9 Å². The van der Waals surface area contributed by atoms with E-state index in [2.05, 4.69) is 5.32 Å². The molecule has 6 nitrogen and oxygen atoms in total. The smallest absolute Gasteiger partial charge is 0.258 e. The van der Waals surface area contributed by atoms with Crippen LogP contribution in [0, 0.1) is 0 Å². The molecule has 0 aliphatic heterocycles. The van der Waals surface area contributed by atoms with Gasteiger partial charge in [-0.3, -0.25) is 9.10 Å². The molecule has 26 heavy (non-hydrogen) atoms. The van der Waals surface area contributed by atoms with E-state index in [9.17, 15) is 13.2 Å². The fourth-order valence-electron chi connectivity index (χ4n) is 2.21. The fourth-order valence-corrected chi connectivity index (χ4v) is 2.84. The highest BCUT2D eigenvalue weighted by molar-refractivity contribution is 7.92. The monoisotopic (exact) mass is 396 g/mol. The summed E-state index contributed by atoms with van der Waals surface area (Å²) >= 11 is 5.85. The van der Waals surface area contributed by atoms with Gasteiger partial charge in [0.2, 0.25) is 10.0 Å². The van der Waals surface area contributed by atoms with E-state index in [1.165, 1.54) is 7.05 Å². The van der Waals surface area contributed by atoms with Crippen LogP contribution in [-0.4, -0.2) is 34.2 Å². The van der Waals surface area contributed by atoms with Crippen LogP contribution in [0.5, 0.6) is 5.75 Å². The third-order valence-electron chi connectivity index (χ3n) is 3.82. The molecule has 0 unspecified atom stereocenters. The van der Waals surface area contributed by atoms with Crippen molar-refractivity contribution >= 4 is 33.2 Å². The second-order valence-corrected chi connectivity index (χ2v) is 8.30. The Labute approximate surface area is 158 Å². The topological polar surface area (TPSA) is 75.7 Å². The summed E-state index contributed by atoms with van der Waals surface area (Å²) in [4.78, 5) is 12.0. The highest BCUT2D eigenvalue weighted by atomic mass is 35.5. The predicted octanol–water partition coefficient (Wildman–Crippen LogP) is 2.99. The second-order valence-electron chi connectivity index (χ2n) is 5.85. The molecule has 2 aromatic rings. The molecule has 0 saturated carbocycles. The number of amides is 1. The number of nitrogens with zero attached hydrogens (tertiary/aromatic N) is 1. The number of carbonyl (C=O) groups excluding carboxylic acids is 1. The molecule has 0 radical (unpaired) electrons. The number of hydrogen-bond acceptors (Lipinski definition) is 4. The predicted molar refractivity (Wildman–Crippen MR) is 103 cm³/mol. The van der Waals surface area contributed by atoms with E-state index in [4.69, 9.17) is 16.3 Å².